The minimum absolute atomic E-state index is 0.0400. The van der Waals surface area contributed by atoms with Crippen molar-refractivity contribution in [2.24, 2.45) is 0 Å². The second-order valence-corrected chi connectivity index (χ2v) is 7.83. The summed E-state index contributed by atoms with van der Waals surface area (Å²) in [5.41, 5.74) is 1.95. The van der Waals surface area contributed by atoms with Crippen LogP contribution >= 0.6 is 0 Å². The lowest BCUT2D eigenvalue weighted by molar-refractivity contribution is -0.130. The standard InChI is InChI=1S/C15H18N2O3S/c1-17(12-6-7-21(19,20)10-12)15(18)8-11-9-16-14-5-3-2-4-13(11)14/h2-5,9,12,16H,6-8,10H2,1H3/t12-/m0/s1. The van der Waals surface area contributed by atoms with E-state index in [4.69, 9.17) is 0 Å². The molecule has 5 nitrogen and oxygen atoms in total. The third-order valence-corrected chi connectivity index (χ3v) is 5.92. The molecule has 1 atom stereocenters. The maximum Gasteiger partial charge on any atom is 0.227 e. The molecule has 1 fully saturated rings. The Morgan fingerprint density at radius 1 is 1.38 bits per heavy atom. The molecule has 0 aliphatic carbocycles. The number of amides is 1. The van der Waals surface area contributed by atoms with Gasteiger partial charge in [0, 0.05) is 30.2 Å². The molecule has 0 radical (unpaired) electrons. The fraction of sp³-hybridized carbons (Fsp3) is 0.400. The molecule has 3 rings (SSSR count). The molecular weight excluding hydrogens is 288 g/mol. The Morgan fingerprint density at radius 2 is 2.14 bits per heavy atom. The van der Waals surface area contributed by atoms with Crippen LogP contribution < -0.4 is 0 Å². The van der Waals surface area contributed by atoms with E-state index in [2.05, 4.69) is 4.98 Å². The Labute approximate surface area is 123 Å². The molecule has 0 bridgehead atoms. The van der Waals surface area contributed by atoms with E-state index in [-0.39, 0.29) is 29.9 Å². The Bertz CT molecular complexity index is 779. The first-order chi connectivity index (χ1) is 9.96. The van der Waals surface area contributed by atoms with E-state index < -0.39 is 9.84 Å². The van der Waals surface area contributed by atoms with Crippen molar-refractivity contribution in [1.29, 1.82) is 0 Å². The number of nitrogens with one attached hydrogen (secondary N) is 1. The highest BCUT2D eigenvalue weighted by Crippen LogP contribution is 2.21. The summed E-state index contributed by atoms with van der Waals surface area (Å²) in [4.78, 5) is 17.1. The van der Waals surface area contributed by atoms with Gasteiger partial charge in [-0.25, -0.2) is 8.42 Å². The van der Waals surface area contributed by atoms with Crippen LogP contribution in [-0.4, -0.2) is 48.8 Å². The summed E-state index contributed by atoms with van der Waals surface area (Å²) >= 11 is 0. The molecule has 1 aromatic heterocycles. The lowest BCUT2D eigenvalue weighted by Crippen LogP contribution is -2.38. The van der Waals surface area contributed by atoms with Gasteiger partial charge in [-0.3, -0.25) is 4.79 Å². The predicted molar refractivity (Wildman–Crippen MR) is 81.8 cm³/mol. The fourth-order valence-corrected chi connectivity index (χ4v) is 4.62. The van der Waals surface area contributed by atoms with Gasteiger partial charge in [0.25, 0.3) is 0 Å². The van der Waals surface area contributed by atoms with Crippen molar-refractivity contribution in [2.45, 2.75) is 18.9 Å². The molecule has 0 unspecified atom stereocenters. The SMILES string of the molecule is CN(C(=O)Cc1c[nH]c2ccccc12)[C@H]1CCS(=O)(=O)C1. The van der Waals surface area contributed by atoms with Gasteiger partial charge in [0.2, 0.25) is 5.91 Å². The second kappa shape index (κ2) is 5.18. The molecule has 1 aliphatic rings. The number of rotatable bonds is 3. The largest absolute Gasteiger partial charge is 0.361 e. The number of likely N-dealkylation sites (N-methyl/N-ethyl adjacent to an activating group) is 1. The van der Waals surface area contributed by atoms with E-state index in [9.17, 15) is 13.2 Å². The summed E-state index contributed by atoms with van der Waals surface area (Å²) in [6, 6.07) is 7.65. The summed E-state index contributed by atoms with van der Waals surface area (Å²) in [5.74, 6) is 0.229. The second-order valence-electron chi connectivity index (χ2n) is 5.60. The molecule has 1 aromatic carbocycles. The van der Waals surface area contributed by atoms with Crippen LogP contribution in [0.1, 0.15) is 12.0 Å². The molecule has 2 aromatic rings. The van der Waals surface area contributed by atoms with Crippen LogP contribution in [0.5, 0.6) is 0 Å². The molecule has 0 spiro atoms. The number of carbonyl (C=O) groups excluding carboxylic acids is 1. The van der Waals surface area contributed by atoms with Gasteiger partial charge in [0.05, 0.1) is 17.9 Å². The molecule has 1 saturated heterocycles. The Morgan fingerprint density at radius 3 is 2.86 bits per heavy atom. The van der Waals surface area contributed by atoms with Crippen molar-refractivity contribution in [3.05, 3.63) is 36.0 Å². The number of hydrogen-bond donors (Lipinski definition) is 1. The zero-order chi connectivity index (χ0) is 15.0. The van der Waals surface area contributed by atoms with Gasteiger partial charge in [-0.15, -0.1) is 0 Å². The van der Waals surface area contributed by atoms with E-state index >= 15 is 0 Å². The Balaban J connectivity index is 1.74. The molecule has 6 heteroatoms. The lowest BCUT2D eigenvalue weighted by Gasteiger charge is -2.23. The lowest BCUT2D eigenvalue weighted by atomic mass is 10.1. The third-order valence-electron chi connectivity index (χ3n) is 4.17. The number of fused-ring (bicyclic) bond motifs is 1. The van der Waals surface area contributed by atoms with Gasteiger partial charge >= 0.3 is 0 Å². The zero-order valence-corrected chi connectivity index (χ0v) is 12.7. The number of hydrogen-bond acceptors (Lipinski definition) is 3. The van der Waals surface area contributed by atoms with Gasteiger partial charge in [0.1, 0.15) is 0 Å². The number of sulfone groups is 1. The molecule has 21 heavy (non-hydrogen) atoms. The topological polar surface area (TPSA) is 70.2 Å². The number of aromatic amines is 1. The highest BCUT2D eigenvalue weighted by atomic mass is 32.2. The summed E-state index contributed by atoms with van der Waals surface area (Å²) in [6.07, 6.45) is 2.68. The number of carbonyl (C=O) groups is 1. The van der Waals surface area contributed by atoms with Gasteiger partial charge < -0.3 is 9.88 Å². The first kappa shape index (κ1) is 14.1. The number of para-hydroxylation sites is 1. The molecule has 0 saturated carbocycles. The maximum absolute atomic E-state index is 12.4. The molecule has 2 heterocycles. The van der Waals surface area contributed by atoms with Gasteiger partial charge in [0.15, 0.2) is 9.84 Å². The quantitative estimate of drug-likeness (QED) is 0.930. The van der Waals surface area contributed by atoms with Crippen LogP contribution in [-0.2, 0) is 21.1 Å². The first-order valence-electron chi connectivity index (χ1n) is 6.97. The van der Waals surface area contributed by atoms with Crippen molar-refractivity contribution in [1.82, 2.24) is 9.88 Å². The molecule has 1 aliphatic heterocycles. The monoisotopic (exact) mass is 306 g/mol. The highest BCUT2D eigenvalue weighted by Gasteiger charge is 2.32. The van der Waals surface area contributed by atoms with E-state index in [1.165, 1.54) is 0 Å². The normalized spacial score (nSPS) is 20.7. The van der Waals surface area contributed by atoms with Crippen LogP contribution in [0.4, 0.5) is 0 Å². The van der Waals surface area contributed by atoms with Crippen molar-refractivity contribution >= 4 is 26.6 Å². The van der Waals surface area contributed by atoms with E-state index in [0.29, 0.717) is 6.42 Å². The molecule has 1 N–H and O–H groups in total. The van der Waals surface area contributed by atoms with Crippen molar-refractivity contribution in [2.75, 3.05) is 18.6 Å². The van der Waals surface area contributed by atoms with Crippen LogP contribution in [0.15, 0.2) is 30.5 Å². The number of H-pyrrole nitrogens is 1. The summed E-state index contributed by atoms with van der Waals surface area (Å²) in [5, 5.41) is 1.04. The van der Waals surface area contributed by atoms with E-state index in [0.717, 1.165) is 16.5 Å². The average Bonchev–Trinajstić information content (AvgIpc) is 3.02. The fourth-order valence-electron chi connectivity index (χ4n) is 2.85. The van der Waals surface area contributed by atoms with Crippen LogP contribution in [0.2, 0.25) is 0 Å². The Kier molecular flexibility index (Phi) is 3.49. The van der Waals surface area contributed by atoms with E-state index in [1.807, 2.05) is 30.5 Å². The molecule has 112 valence electrons. The van der Waals surface area contributed by atoms with Gasteiger partial charge in [-0.2, -0.15) is 0 Å². The minimum atomic E-state index is -2.97. The third kappa shape index (κ3) is 2.81. The van der Waals surface area contributed by atoms with Gasteiger partial charge in [-0.05, 0) is 18.1 Å². The van der Waals surface area contributed by atoms with Gasteiger partial charge in [-0.1, -0.05) is 18.2 Å². The molecular formula is C15H18N2O3S. The number of nitrogens with zero attached hydrogens (tertiary/aromatic N) is 1. The van der Waals surface area contributed by atoms with Crippen LogP contribution in [0.3, 0.4) is 0 Å². The number of aromatic nitrogens is 1. The maximum atomic E-state index is 12.4. The van der Waals surface area contributed by atoms with E-state index in [1.54, 1.807) is 11.9 Å². The van der Waals surface area contributed by atoms with Crippen molar-refractivity contribution < 1.29 is 13.2 Å². The van der Waals surface area contributed by atoms with Crippen molar-refractivity contribution in [3.63, 3.8) is 0 Å². The average molecular weight is 306 g/mol. The van der Waals surface area contributed by atoms with Crippen LogP contribution in [0, 0.1) is 0 Å². The summed E-state index contributed by atoms with van der Waals surface area (Å²) in [7, 11) is -1.27. The zero-order valence-electron chi connectivity index (χ0n) is 11.9. The molecule has 1 amide bonds. The Hall–Kier alpha value is -1.82. The predicted octanol–water partition coefficient (Wildman–Crippen LogP) is 1.36. The summed E-state index contributed by atoms with van der Waals surface area (Å²) in [6.45, 7) is 0. The number of benzene rings is 1. The first-order valence-corrected chi connectivity index (χ1v) is 8.79. The highest BCUT2D eigenvalue weighted by molar-refractivity contribution is 7.91. The minimum Gasteiger partial charge on any atom is -0.361 e. The van der Waals surface area contributed by atoms with Crippen LogP contribution in [0.25, 0.3) is 10.9 Å². The van der Waals surface area contributed by atoms with Crippen molar-refractivity contribution in [3.8, 4) is 0 Å². The summed E-state index contributed by atoms with van der Waals surface area (Å²) < 4.78 is 23.0. The smallest absolute Gasteiger partial charge is 0.227 e.